The van der Waals surface area contributed by atoms with Crippen LogP contribution in [0.5, 0.6) is 0 Å². The second-order valence-electron chi connectivity index (χ2n) is 21.3. The molecule has 0 spiro atoms. The van der Waals surface area contributed by atoms with Crippen molar-refractivity contribution in [1.29, 1.82) is 0 Å². The van der Waals surface area contributed by atoms with E-state index in [0.29, 0.717) is 19.3 Å². The van der Waals surface area contributed by atoms with E-state index in [1.54, 1.807) is 0 Å². The summed E-state index contributed by atoms with van der Waals surface area (Å²) in [5.74, 6) is -0.969. The van der Waals surface area contributed by atoms with E-state index in [-0.39, 0.29) is 37.5 Å². The van der Waals surface area contributed by atoms with Crippen molar-refractivity contribution in [2.24, 2.45) is 0 Å². The molecule has 0 saturated heterocycles. The van der Waals surface area contributed by atoms with Crippen molar-refractivity contribution in [3.05, 3.63) is 134 Å². The van der Waals surface area contributed by atoms with E-state index in [2.05, 4.69) is 154 Å². The third-order valence-corrected chi connectivity index (χ3v) is 13.6. The molecule has 448 valence electrons. The van der Waals surface area contributed by atoms with Gasteiger partial charge in [0.25, 0.3) is 0 Å². The fourth-order valence-electron chi connectivity index (χ4n) is 8.79. The molecule has 0 N–H and O–H groups in total. The molecule has 6 nitrogen and oxygen atoms in total. The molecule has 0 radical (unpaired) electrons. The minimum atomic E-state index is -0.817. The van der Waals surface area contributed by atoms with Crippen molar-refractivity contribution in [3.8, 4) is 0 Å². The van der Waals surface area contributed by atoms with Crippen LogP contribution in [0.2, 0.25) is 0 Å². The van der Waals surface area contributed by atoms with Crippen molar-refractivity contribution in [2.45, 2.75) is 297 Å². The van der Waals surface area contributed by atoms with Crippen molar-refractivity contribution in [3.63, 3.8) is 0 Å². The standard InChI is InChI=1S/C73H120O6/c1-4-7-10-13-16-19-22-25-28-31-32-33-34-35-36-37-38-39-40-43-45-48-51-54-57-60-63-66-72(75)78-69-70(79-73(76)67-64-61-58-55-52-49-46-42-30-27-24-21-18-15-12-9-6-3)68-77-71(74)65-62-59-56-53-50-47-44-41-29-26-23-20-17-14-11-8-5-2/h7,9-10,12,16-21,25-30,32-33,46,49,55,58,70H,4-6,8,11,13-15,22-24,31,34-45,47-48,50-54,56-57,59-69H2,1-3H3/b10-7-,12-9-,19-16-,20-17-,21-18-,28-25-,29-26-,30-27-,33-32-,49-46-,58-55-. The van der Waals surface area contributed by atoms with Crippen LogP contribution in [-0.4, -0.2) is 37.2 Å². The summed E-state index contributed by atoms with van der Waals surface area (Å²) >= 11 is 0. The fourth-order valence-corrected chi connectivity index (χ4v) is 8.79. The molecule has 0 fully saturated rings. The zero-order valence-electron chi connectivity index (χ0n) is 51.3. The van der Waals surface area contributed by atoms with E-state index in [1.807, 2.05) is 0 Å². The first-order valence-electron chi connectivity index (χ1n) is 32.7. The SMILES string of the molecule is CC/C=C\C/C=C\C/C=C\C/C=C\C/C=C\CCCC(=O)OC(COC(=O)CCCCCCCCC/C=C\C/C=C\CCCCC)COC(=O)CCCCCCCCCCCCCCCC/C=C\C/C=C\C/C=C\C/C=C\CC. The van der Waals surface area contributed by atoms with Crippen molar-refractivity contribution < 1.29 is 28.6 Å². The van der Waals surface area contributed by atoms with Crippen molar-refractivity contribution >= 4 is 17.9 Å². The lowest BCUT2D eigenvalue weighted by Crippen LogP contribution is -2.30. The molecule has 0 amide bonds. The van der Waals surface area contributed by atoms with E-state index >= 15 is 0 Å². The summed E-state index contributed by atoms with van der Waals surface area (Å²) < 4.78 is 16.9. The smallest absolute Gasteiger partial charge is 0.306 e. The van der Waals surface area contributed by atoms with Crippen LogP contribution >= 0.6 is 0 Å². The van der Waals surface area contributed by atoms with Gasteiger partial charge in [0, 0.05) is 19.3 Å². The average molecular weight is 1090 g/mol. The van der Waals surface area contributed by atoms with Gasteiger partial charge in [-0.05, 0) is 128 Å². The van der Waals surface area contributed by atoms with Gasteiger partial charge in [-0.3, -0.25) is 14.4 Å². The number of hydrogen-bond donors (Lipinski definition) is 0. The number of hydrogen-bond acceptors (Lipinski definition) is 6. The molecule has 0 saturated carbocycles. The zero-order chi connectivity index (χ0) is 57.1. The Hall–Kier alpha value is -4.45. The molecule has 0 rings (SSSR count). The average Bonchev–Trinajstić information content (AvgIpc) is 3.45. The Labute approximate surface area is 487 Å². The lowest BCUT2D eigenvalue weighted by molar-refractivity contribution is -0.167. The Morgan fingerprint density at radius 1 is 0.266 bits per heavy atom. The van der Waals surface area contributed by atoms with Crippen LogP contribution in [0.1, 0.15) is 290 Å². The van der Waals surface area contributed by atoms with Gasteiger partial charge in [-0.1, -0.05) is 276 Å². The van der Waals surface area contributed by atoms with Crippen LogP contribution in [0, 0.1) is 0 Å². The fraction of sp³-hybridized carbons (Fsp3) is 0.658. The Morgan fingerprint density at radius 3 is 0.810 bits per heavy atom. The lowest BCUT2D eigenvalue weighted by Gasteiger charge is -2.18. The number of esters is 3. The van der Waals surface area contributed by atoms with Gasteiger partial charge in [0.1, 0.15) is 13.2 Å². The van der Waals surface area contributed by atoms with Crippen molar-refractivity contribution in [2.75, 3.05) is 13.2 Å². The maximum Gasteiger partial charge on any atom is 0.306 e. The van der Waals surface area contributed by atoms with Crippen LogP contribution in [-0.2, 0) is 28.6 Å². The number of unbranched alkanes of at least 4 members (excludes halogenated alkanes) is 25. The van der Waals surface area contributed by atoms with E-state index in [0.717, 1.165) is 116 Å². The number of carbonyl (C=O) groups is 3. The summed E-state index contributed by atoms with van der Waals surface area (Å²) in [7, 11) is 0. The highest BCUT2D eigenvalue weighted by Gasteiger charge is 2.19. The molecule has 0 aliphatic heterocycles. The van der Waals surface area contributed by atoms with Crippen LogP contribution in [0.3, 0.4) is 0 Å². The largest absolute Gasteiger partial charge is 0.462 e. The lowest BCUT2D eigenvalue weighted by atomic mass is 10.0. The molecule has 0 aromatic heterocycles. The second kappa shape index (κ2) is 66.1. The summed E-state index contributed by atoms with van der Waals surface area (Å²) in [5, 5.41) is 0. The number of rotatable bonds is 58. The van der Waals surface area contributed by atoms with Gasteiger partial charge in [-0.25, -0.2) is 0 Å². The predicted octanol–water partition coefficient (Wildman–Crippen LogP) is 22.5. The first-order valence-corrected chi connectivity index (χ1v) is 32.7. The van der Waals surface area contributed by atoms with Crippen molar-refractivity contribution in [1.82, 2.24) is 0 Å². The number of carbonyl (C=O) groups excluding carboxylic acids is 3. The van der Waals surface area contributed by atoms with Gasteiger partial charge >= 0.3 is 17.9 Å². The van der Waals surface area contributed by atoms with E-state index in [9.17, 15) is 14.4 Å². The highest BCUT2D eigenvalue weighted by molar-refractivity contribution is 5.71. The zero-order valence-corrected chi connectivity index (χ0v) is 51.3. The van der Waals surface area contributed by atoms with Gasteiger partial charge in [-0.2, -0.15) is 0 Å². The predicted molar refractivity (Wildman–Crippen MR) is 343 cm³/mol. The Kier molecular flexibility index (Phi) is 62.3. The maximum absolute atomic E-state index is 12.9. The summed E-state index contributed by atoms with van der Waals surface area (Å²) in [6, 6.07) is 0. The molecule has 0 aliphatic rings. The van der Waals surface area contributed by atoms with E-state index in [1.165, 1.54) is 128 Å². The van der Waals surface area contributed by atoms with Gasteiger partial charge < -0.3 is 14.2 Å². The molecule has 0 aromatic carbocycles. The third-order valence-electron chi connectivity index (χ3n) is 13.6. The highest BCUT2D eigenvalue weighted by atomic mass is 16.6. The first-order chi connectivity index (χ1) is 39.0. The highest BCUT2D eigenvalue weighted by Crippen LogP contribution is 2.16. The summed E-state index contributed by atoms with van der Waals surface area (Å²) in [6.45, 7) is 6.35. The van der Waals surface area contributed by atoms with Gasteiger partial charge in [0.2, 0.25) is 0 Å². The molecule has 79 heavy (non-hydrogen) atoms. The van der Waals surface area contributed by atoms with E-state index < -0.39 is 6.10 Å². The van der Waals surface area contributed by atoms with Crippen LogP contribution in [0.15, 0.2) is 134 Å². The normalized spacial score (nSPS) is 13.0. The second-order valence-corrected chi connectivity index (χ2v) is 21.3. The number of ether oxygens (including phenoxy) is 3. The maximum atomic E-state index is 12.9. The minimum absolute atomic E-state index is 0.106. The minimum Gasteiger partial charge on any atom is -0.462 e. The third kappa shape index (κ3) is 64.3. The van der Waals surface area contributed by atoms with Gasteiger partial charge in [0.15, 0.2) is 6.10 Å². The molecule has 0 aliphatic carbocycles. The molecular weight excluding hydrogens is 973 g/mol. The molecule has 1 unspecified atom stereocenters. The monoisotopic (exact) mass is 1090 g/mol. The van der Waals surface area contributed by atoms with Gasteiger partial charge in [0.05, 0.1) is 0 Å². The summed E-state index contributed by atoms with van der Waals surface area (Å²) in [5.41, 5.74) is 0. The topological polar surface area (TPSA) is 78.9 Å². The first kappa shape index (κ1) is 74.5. The molecule has 0 heterocycles. The Balaban J connectivity index is 4.39. The molecule has 6 heteroatoms. The molecular formula is C73H120O6. The Bertz CT molecular complexity index is 1680. The molecule has 0 bridgehead atoms. The molecule has 0 aromatic rings. The van der Waals surface area contributed by atoms with E-state index in [4.69, 9.17) is 14.2 Å². The summed E-state index contributed by atoms with van der Waals surface area (Å²) in [4.78, 5) is 38.3. The quantitative estimate of drug-likeness (QED) is 0.0261. The van der Waals surface area contributed by atoms with Gasteiger partial charge in [-0.15, -0.1) is 0 Å². The Morgan fingerprint density at radius 2 is 0.506 bits per heavy atom. The van der Waals surface area contributed by atoms with Crippen LogP contribution in [0.25, 0.3) is 0 Å². The summed E-state index contributed by atoms with van der Waals surface area (Å²) in [6.07, 6.45) is 93.2. The van der Waals surface area contributed by atoms with Crippen LogP contribution < -0.4 is 0 Å². The number of allylic oxidation sites excluding steroid dienone is 22. The van der Waals surface area contributed by atoms with Crippen LogP contribution in [0.4, 0.5) is 0 Å². The molecule has 1 atom stereocenters.